The first kappa shape index (κ1) is 18.1. The molecule has 0 fully saturated rings. The van der Waals surface area contributed by atoms with Crippen LogP contribution in [0.15, 0.2) is 12.1 Å². The van der Waals surface area contributed by atoms with Crippen LogP contribution < -0.4 is 9.84 Å². The molecule has 0 aromatic heterocycles. The number of hydrogen-bond donors (Lipinski definition) is 0. The van der Waals surface area contributed by atoms with Crippen LogP contribution >= 0.6 is 0 Å². The third-order valence-corrected chi connectivity index (χ3v) is 2.29. The van der Waals surface area contributed by atoms with Crippen LogP contribution in [0.4, 0.5) is 39.5 Å². The number of benzene rings is 1. The number of rotatable bonds is 2. The van der Waals surface area contributed by atoms with E-state index in [1.807, 2.05) is 0 Å². The van der Waals surface area contributed by atoms with Gasteiger partial charge in [-0.3, -0.25) is 4.79 Å². The summed E-state index contributed by atoms with van der Waals surface area (Å²) in [4.78, 5) is 10.9. The van der Waals surface area contributed by atoms with Crippen molar-refractivity contribution in [2.45, 2.75) is 18.0 Å². The molecule has 0 heterocycles. The van der Waals surface area contributed by atoms with Crippen LogP contribution in [0.3, 0.4) is 0 Å². The Bertz CT molecular complexity index is 577. The van der Waals surface area contributed by atoms with Crippen molar-refractivity contribution in [1.29, 1.82) is 0 Å². The summed E-state index contributed by atoms with van der Waals surface area (Å²) >= 11 is 0. The van der Waals surface area contributed by atoms with Crippen molar-refractivity contribution in [2.24, 2.45) is 0 Å². The van der Waals surface area contributed by atoms with Crippen molar-refractivity contribution in [3.8, 4) is 5.75 Å². The van der Waals surface area contributed by atoms with Gasteiger partial charge in [0.2, 0.25) is 5.82 Å². The number of carbonyl (C=O) groups excluding carboxylic acids is 1. The normalized spacial score (nSPS) is 13.2. The number of halogens is 9. The summed E-state index contributed by atoms with van der Waals surface area (Å²) in [6.45, 7) is 0. The standard InChI is InChI=1S/C10H2F9O3/c11-3-1-2-4(6(13)5(3)12)22-7(20)8(21,9(14,15)16)10(17,18)19/h1-2H/q-1. The van der Waals surface area contributed by atoms with Gasteiger partial charge in [-0.1, -0.05) is 0 Å². The van der Waals surface area contributed by atoms with E-state index < -0.39 is 47.1 Å². The summed E-state index contributed by atoms with van der Waals surface area (Å²) in [6.07, 6.45) is -13.3. The van der Waals surface area contributed by atoms with Crippen molar-refractivity contribution in [3.05, 3.63) is 29.6 Å². The molecule has 0 N–H and O–H groups in total. The molecule has 1 aromatic carbocycles. The Morgan fingerprint density at radius 2 is 1.36 bits per heavy atom. The lowest BCUT2D eigenvalue weighted by molar-refractivity contribution is -0.573. The van der Waals surface area contributed by atoms with Gasteiger partial charge in [-0.05, 0) is 12.1 Å². The number of ether oxygens (including phenoxy) is 1. The highest BCUT2D eigenvalue weighted by molar-refractivity contribution is 5.83. The zero-order valence-corrected chi connectivity index (χ0v) is 9.78. The molecule has 3 nitrogen and oxygen atoms in total. The van der Waals surface area contributed by atoms with Crippen LogP contribution in [-0.4, -0.2) is 23.9 Å². The molecule has 0 atom stereocenters. The van der Waals surface area contributed by atoms with Crippen LogP contribution in [0.2, 0.25) is 0 Å². The Hall–Kier alpha value is -1.98. The summed E-state index contributed by atoms with van der Waals surface area (Å²) < 4.78 is 115. The molecule has 0 spiro atoms. The molecule has 0 aliphatic carbocycles. The van der Waals surface area contributed by atoms with E-state index in [0.717, 1.165) is 0 Å². The van der Waals surface area contributed by atoms with Gasteiger partial charge in [0.25, 0.3) is 0 Å². The van der Waals surface area contributed by atoms with E-state index in [2.05, 4.69) is 4.74 Å². The maximum Gasteiger partial charge on any atom is 0.399 e. The van der Waals surface area contributed by atoms with E-state index in [1.165, 1.54) is 0 Å². The smallest absolute Gasteiger partial charge is 0.399 e. The Balaban J connectivity index is 3.28. The second-order valence-corrected chi connectivity index (χ2v) is 3.74. The Kier molecular flexibility index (Phi) is 4.38. The molecule has 1 aromatic rings. The van der Waals surface area contributed by atoms with Gasteiger partial charge in [0.1, 0.15) is 0 Å². The second-order valence-electron chi connectivity index (χ2n) is 3.74. The Morgan fingerprint density at radius 3 is 1.77 bits per heavy atom. The average Bonchev–Trinajstić information content (AvgIpc) is 2.35. The quantitative estimate of drug-likeness (QED) is 0.359. The molecular weight excluding hydrogens is 339 g/mol. The summed E-state index contributed by atoms with van der Waals surface area (Å²) in [6, 6.07) is 0.105. The van der Waals surface area contributed by atoms with Crippen LogP contribution in [0.25, 0.3) is 0 Å². The van der Waals surface area contributed by atoms with Crippen LogP contribution in [0, 0.1) is 17.5 Å². The molecule has 0 amide bonds. The van der Waals surface area contributed by atoms with Crippen molar-refractivity contribution in [3.63, 3.8) is 0 Å². The number of esters is 1. The lowest BCUT2D eigenvalue weighted by Gasteiger charge is -2.39. The second kappa shape index (κ2) is 5.34. The topological polar surface area (TPSA) is 49.4 Å². The third kappa shape index (κ3) is 2.82. The van der Waals surface area contributed by atoms with Gasteiger partial charge in [-0.2, -0.15) is 30.7 Å². The monoisotopic (exact) mass is 341 g/mol. The molecule has 22 heavy (non-hydrogen) atoms. The summed E-state index contributed by atoms with van der Waals surface area (Å²) in [7, 11) is 0. The first-order chi connectivity index (χ1) is 9.73. The van der Waals surface area contributed by atoms with E-state index in [1.54, 1.807) is 0 Å². The van der Waals surface area contributed by atoms with Gasteiger partial charge >= 0.3 is 18.3 Å². The van der Waals surface area contributed by atoms with Gasteiger partial charge in [-0.15, -0.1) is 0 Å². The summed E-state index contributed by atoms with van der Waals surface area (Å²) in [5.41, 5.74) is -6.22. The number of carbonyl (C=O) groups is 1. The molecular formula is C10H2F9O3-. The lowest BCUT2D eigenvalue weighted by atomic mass is 10.0. The van der Waals surface area contributed by atoms with Gasteiger partial charge in [0.05, 0.1) is 0 Å². The molecule has 0 radical (unpaired) electrons. The third-order valence-electron chi connectivity index (χ3n) is 2.29. The van der Waals surface area contributed by atoms with Crippen LogP contribution in [0.1, 0.15) is 0 Å². The minimum Gasteiger partial charge on any atom is -0.828 e. The maximum absolute atomic E-state index is 13.0. The van der Waals surface area contributed by atoms with Crippen molar-refractivity contribution in [2.75, 3.05) is 0 Å². The molecule has 0 saturated carbocycles. The fourth-order valence-corrected chi connectivity index (χ4v) is 1.15. The van der Waals surface area contributed by atoms with E-state index >= 15 is 0 Å². The van der Waals surface area contributed by atoms with Crippen LogP contribution in [0.5, 0.6) is 5.75 Å². The van der Waals surface area contributed by atoms with Gasteiger partial charge in [0, 0.05) is 0 Å². The van der Waals surface area contributed by atoms with E-state index in [-0.39, 0.29) is 12.1 Å². The van der Waals surface area contributed by atoms with E-state index in [9.17, 15) is 49.4 Å². The van der Waals surface area contributed by atoms with Gasteiger partial charge in [0.15, 0.2) is 23.0 Å². The lowest BCUT2D eigenvalue weighted by Crippen LogP contribution is -2.72. The molecule has 0 aliphatic heterocycles. The first-order valence-electron chi connectivity index (χ1n) is 4.93. The van der Waals surface area contributed by atoms with E-state index in [4.69, 9.17) is 0 Å². The molecule has 0 saturated heterocycles. The molecule has 124 valence electrons. The highest BCUT2D eigenvalue weighted by atomic mass is 19.4. The van der Waals surface area contributed by atoms with Crippen molar-refractivity contribution in [1.82, 2.24) is 0 Å². The number of alkyl halides is 6. The summed E-state index contributed by atoms with van der Waals surface area (Å²) in [5, 5.41) is 10.9. The largest absolute Gasteiger partial charge is 0.828 e. The minimum atomic E-state index is -6.67. The summed E-state index contributed by atoms with van der Waals surface area (Å²) in [5.74, 6) is -11.8. The maximum atomic E-state index is 13.0. The molecule has 0 aliphatic rings. The molecule has 1 rings (SSSR count). The average molecular weight is 341 g/mol. The predicted octanol–water partition coefficient (Wildman–Crippen LogP) is 2.23. The minimum absolute atomic E-state index is 0.0405. The SMILES string of the molecule is O=C(Oc1ccc(F)c(F)c1F)C([O-])(C(F)(F)F)C(F)(F)F. The van der Waals surface area contributed by atoms with Crippen LogP contribution in [-0.2, 0) is 4.79 Å². The predicted molar refractivity (Wildman–Crippen MR) is 46.8 cm³/mol. The zero-order chi connectivity index (χ0) is 17.5. The number of hydrogen-bond acceptors (Lipinski definition) is 3. The molecule has 0 bridgehead atoms. The Labute approximate surface area is 114 Å². The fourth-order valence-electron chi connectivity index (χ4n) is 1.15. The highest BCUT2D eigenvalue weighted by Crippen LogP contribution is 2.42. The van der Waals surface area contributed by atoms with Crippen molar-refractivity contribution < 1.29 is 54.2 Å². The van der Waals surface area contributed by atoms with Gasteiger partial charge < -0.3 is 9.84 Å². The zero-order valence-electron chi connectivity index (χ0n) is 9.78. The highest BCUT2D eigenvalue weighted by Gasteiger charge is 2.68. The first-order valence-corrected chi connectivity index (χ1v) is 4.93. The van der Waals surface area contributed by atoms with E-state index in [0.29, 0.717) is 0 Å². The van der Waals surface area contributed by atoms with Gasteiger partial charge in [-0.25, -0.2) is 8.78 Å². The fraction of sp³-hybridized carbons (Fsp3) is 0.300. The molecule has 12 heteroatoms. The molecule has 0 unspecified atom stereocenters. The Morgan fingerprint density at radius 1 is 0.909 bits per heavy atom. The van der Waals surface area contributed by atoms with Crippen molar-refractivity contribution >= 4 is 5.97 Å².